The summed E-state index contributed by atoms with van der Waals surface area (Å²) in [6.45, 7) is 2.09. The first-order valence-corrected chi connectivity index (χ1v) is 10.1. The number of nitrogens with zero attached hydrogens (tertiary/aromatic N) is 1. The van der Waals surface area contributed by atoms with Crippen molar-refractivity contribution in [2.24, 2.45) is 0 Å². The zero-order valence-corrected chi connectivity index (χ0v) is 17.5. The highest BCUT2D eigenvalue weighted by Crippen LogP contribution is 2.37. The van der Waals surface area contributed by atoms with Gasteiger partial charge in [-0.05, 0) is 66.1 Å². The van der Waals surface area contributed by atoms with Gasteiger partial charge in [-0.25, -0.2) is 4.39 Å². The van der Waals surface area contributed by atoms with Crippen LogP contribution in [0, 0.1) is 5.82 Å². The zero-order valence-electron chi connectivity index (χ0n) is 16.7. The highest BCUT2D eigenvalue weighted by Gasteiger charge is 2.31. The molecule has 1 aliphatic carbocycles. The van der Waals surface area contributed by atoms with Crippen LogP contribution >= 0.6 is 12.4 Å². The van der Waals surface area contributed by atoms with Gasteiger partial charge in [0.2, 0.25) is 5.91 Å². The topological polar surface area (TPSA) is 41.6 Å². The van der Waals surface area contributed by atoms with Crippen LogP contribution in [0.5, 0.6) is 5.75 Å². The molecule has 1 saturated heterocycles. The normalized spacial score (nSPS) is 21.1. The summed E-state index contributed by atoms with van der Waals surface area (Å²) >= 11 is 0. The lowest BCUT2D eigenvalue weighted by Crippen LogP contribution is -2.49. The fraction of sp³-hybridized carbons (Fsp3) is 0.435. The van der Waals surface area contributed by atoms with E-state index in [1.165, 1.54) is 17.2 Å². The monoisotopic (exact) mass is 418 g/mol. The van der Waals surface area contributed by atoms with Crippen LogP contribution in [0.4, 0.5) is 4.39 Å². The number of amides is 1. The first-order valence-electron chi connectivity index (χ1n) is 10.1. The summed E-state index contributed by atoms with van der Waals surface area (Å²) < 4.78 is 19.1. The third-order valence-corrected chi connectivity index (χ3v) is 6.01. The Labute approximate surface area is 177 Å². The Balaban J connectivity index is 0.00000240. The molecule has 4 rings (SSSR count). The van der Waals surface area contributed by atoms with Gasteiger partial charge in [-0.1, -0.05) is 18.2 Å². The van der Waals surface area contributed by atoms with E-state index in [1.54, 1.807) is 19.2 Å². The van der Waals surface area contributed by atoms with Crippen LogP contribution in [0.2, 0.25) is 0 Å². The lowest BCUT2D eigenvalue weighted by Gasteiger charge is -2.38. The number of fused-ring (bicyclic) bond motifs is 1. The summed E-state index contributed by atoms with van der Waals surface area (Å²) in [5.74, 6) is 1.01. The molecule has 1 amide bonds. The number of rotatable bonds is 4. The van der Waals surface area contributed by atoms with Crippen LogP contribution in [-0.2, 0) is 11.2 Å². The number of methoxy groups -OCH3 is 1. The molecule has 0 aromatic heterocycles. The van der Waals surface area contributed by atoms with Crippen molar-refractivity contribution < 1.29 is 13.9 Å². The molecule has 0 radical (unpaired) electrons. The molecule has 1 N–H and O–H groups in total. The average molecular weight is 419 g/mol. The van der Waals surface area contributed by atoms with E-state index in [-0.39, 0.29) is 36.1 Å². The Hall–Kier alpha value is -2.11. The molecule has 6 heteroatoms. The third-order valence-electron chi connectivity index (χ3n) is 6.01. The van der Waals surface area contributed by atoms with Crippen LogP contribution in [0.1, 0.15) is 47.9 Å². The predicted octanol–water partition coefficient (Wildman–Crippen LogP) is 4.24. The third kappa shape index (κ3) is 4.73. The molecule has 29 heavy (non-hydrogen) atoms. The first kappa shape index (κ1) is 21.6. The minimum atomic E-state index is -0.259. The Bertz CT molecular complexity index is 861. The average Bonchev–Trinajstić information content (AvgIpc) is 2.73. The number of carbonyl (C=O) groups is 1. The zero-order chi connectivity index (χ0) is 19.5. The molecule has 2 aliphatic rings. The highest BCUT2D eigenvalue weighted by molar-refractivity contribution is 5.85. The van der Waals surface area contributed by atoms with Crippen LogP contribution in [0.3, 0.4) is 0 Å². The van der Waals surface area contributed by atoms with E-state index in [4.69, 9.17) is 4.74 Å². The molecule has 4 nitrogen and oxygen atoms in total. The second kappa shape index (κ2) is 9.59. The fourth-order valence-corrected chi connectivity index (χ4v) is 4.57. The summed E-state index contributed by atoms with van der Waals surface area (Å²) in [6, 6.07) is 12.7. The van der Waals surface area contributed by atoms with Gasteiger partial charge < -0.3 is 15.0 Å². The number of carbonyl (C=O) groups excluding carboxylic acids is 1. The summed E-state index contributed by atoms with van der Waals surface area (Å²) in [5, 5.41) is 3.34. The highest BCUT2D eigenvalue weighted by atomic mass is 35.5. The molecule has 2 aromatic carbocycles. The Morgan fingerprint density at radius 2 is 2.14 bits per heavy atom. The van der Waals surface area contributed by atoms with E-state index in [2.05, 4.69) is 17.4 Å². The number of benzene rings is 2. The van der Waals surface area contributed by atoms with E-state index in [1.807, 2.05) is 17.0 Å². The molecule has 0 saturated carbocycles. The minimum Gasteiger partial charge on any atom is -0.497 e. The van der Waals surface area contributed by atoms with Crippen molar-refractivity contribution in [2.75, 3.05) is 26.7 Å². The second-order valence-electron chi connectivity index (χ2n) is 7.72. The van der Waals surface area contributed by atoms with E-state index >= 15 is 0 Å². The minimum absolute atomic E-state index is 0. The maximum atomic E-state index is 13.7. The number of ether oxygens (including phenoxy) is 1. The lowest BCUT2D eigenvalue weighted by atomic mass is 9.80. The van der Waals surface area contributed by atoms with Crippen LogP contribution in [-0.4, -0.2) is 37.6 Å². The van der Waals surface area contributed by atoms with Gasteiger partial charge in [0.15, 0.2) is 0 Å². The molecule has 1 fully saturated rings. The van der Waals surface area contributed by atoms with Crippen LogP contribution < -0.4 is 10.1 Å². The van der Waals surface area contributed by atoms with Gasteiger partial charge in [0.25, 0.3) is 0 Å². The number of hydrogen-bond acceptors (Lipinski definition) is 3. The van der Waals surface area contributed by atoms with Crippen molar-refractivity contribution in [2.45, 2.75) is 37.6 Å². The lowest BCUT2D eigenvalue weighted by molar-refractivity contribution is -0.135. The standard InChI is InChI=1S/C23H27FN2O2.ClH/c1-28-20-8-9-21-16(13-20)4-2-5-17(21)14-23(27)26-11-10-25-15-22(26)18-6-3-7-19(24)12-18;/h3,6-9,12-13,17,22,25H,2,4-5,10-11,14-15H2,1H3;1H. The van der Waals surface area contributed by atoms with Crippen molar-refractivity contribution in [3.63, 3.8) is 0 Å². The van der Waals surface area contributed by atoms with Crippen molar-refractivity contribution in [1.29, 1.82) is 0 Å². The number of halogens is 2. The van der Waals surface area contributed by atoms with Gasteiger partial charge >= 0.3 is 0 Å². The molecule has 0 bridgehead atoms. The number of nitrogens with one attached hydrogen (secondary N) is 1. The van der Waals surface area contributed by atoms with Crippen molar-refractivity contribution in [1.82, 2.24) is 10.2 Å². The Morgan fingerprint density at radius 3 is 2.93 bits per heavy atom. The van der Waals surface area contributed by atoms with Gasteiger partial charge in [0.05, 0.1) is 13.2 Å². The molecule has 0 spiro atoms. The summed E-state index contributed by atoms with van der Waals surface area (Å²) in [4.78, 5) is 15.2. The first-order chi connectivity index (χ1) is 13.7. The van der Waals surface area contributed by atoms with E-state index in [9.17, 15) is 9.18 Å². The largest absolute Gasteiger partial charge is 0.497 e. The van der Waals surface area contributed by atoms with Crippen molar-refractivity contribution in [3.05, 3.63) is 65.0 Å². The molecule has 2 unspecified atom stereocenters. The number of piperazine rings is 1. The predicted molar refractivity (Wildman–Crippen MR) is 114 cm³/mol. The summed E-state index contributed by atoms with van der Waals surface area (Å²) in [6.07, 6.45) is 3.66. The number of hydrogen-bond donors (Lipinski definition) is 1. The quantitative estimate of drug-likeness (QED) is 0.807. The molecule has 2 aromatic rings. The molecule has 1 aliphatic heterocycles. The Morgan fingerprint density at radius 1 is 1.28 bits per heavy atom. The van der Waals surface area contributed by atoms with E-state index < -0.39 is 0 Å². The van der Waals surface area contributed by atoms with Gasteiger partial charge in [0.1, 0.15) is 11.6 Å². The van der Waals surface area contributed by atoms with Crippen LogP contribution in [0.25, 0.3) is 0 Å². The van der Waals surface area contributed by atoms with Gasteiger partial charge in [-0.3, -0.25) is 4.79 Å². The van der Waals surface area contributed by atoms with Crippen molar-refractivity contribution in [3.8, 4) is 5.75 Å². The SMILES string of the molecule is COc1ccc2c(c1)CCCC2CC(=O)N1CCNCC1c1cccc(F)c1.Cl. The Kier molecular flexibility index (Phi) is 7.14. The molecule has 2 atom stereocenters. The van der Waals surface area contributed by atoms with Crippen LogP contribution in [0.15, 0.2) is 42.5 Å². The summed E-state index contributed by atoms with van der Waals surface area (Å²) in [5.41, 5.74) is 3.43. The fourth-order valence-electron chi connectivity index (χ4n) is 4.57. The smallest absolute Gasteiger partial charge is 0.223 e. The molecule has 1 heterocycles. The maximum Gasteiger partial charge on any atom is 0.223 e. The molecular weight excluding hydrogens is 391 g/mol. The molecule has 156 valence electrons. The summed E-state index contributed by atoms with van der Waals surface area (Å²) in [7, 11) is 1.68. The van der Waals surface area contributed by atoms with Gasteiger partial charge in [-0.2, -0.15) is 0 Å². The second-order valence-corrected chi connectivity index (χ2v) is 7.72. The maximum absolute atomic E-state index is 13.7. The van der Waals surface area contributed by atoms with E-state index in [0.29, 0.717) is 19.5 Å². The van der Waals surface area contributed by atoms with E-state index in [0.717, 1.165) is 37.1 Å². The number of aryl methyl sites for hydroxylation is 1. The van der Waals surface area contributed by atoms with Gasteiger partial charge in [-0.15, -0.1) is 12.4 Å². The van der Waals surface area contributed by atoms with Crippen molar-refractivity contribution >= 4 is 18.3 Å². The molecular formula is C23H28ClFN2O2. The van der Waals surface area contributed by atoms with Gasteiger partial charge in [0, 0.05) is 26.1 Å².